The van der Waals surface area contributed by atoms with Gasteiger partial charge < -0.3 is 20.1 Å². The van der Waals surface area contributed by atoms with Crippen LogP contribution < -0.4 is 5.73 Å². The Bertz CT molecular complexity index is 1480. The standard InChI is InChI=1S/C58H98NO8P/c1-3-5-7-9-11-13-15-17-19-20-21-22-23-24-25-26-27-28-29-30-31-32-33-34-35-36-37-39-41-43-45-47-49-51-58(61)67-56(55-66-68(62,63)65-53-52-59)54-64-57(60)50-48-46-44-42-40-38-18-16-14-12-10-8-6-4-2/h5,7,10-13,16-19,21-22,24-25,27-28,30-31,56H,3-4,6,8-9,14-15,20,23,26,29,32-55,59H2,1-2H3,(H,62,63)/b7-5-,12-10-,13-11-,18-16-,19-17-,22-21-,25-24-,28-27-,31-30-. The van der Waals surface area contributed by atoms with Crippen molar-refractivity contribution in [2.24, 2.45) is 5.73 Å². The number of allylic oxidation sites excluding steroid dienone is 18. The van der Waals surface area contributed by atoms with Gasteiger partial charge in [-0.3, -0.25) is 18.6 Å². The maximum atomic E-state index is 12.7. The number of phosphoric ester groups is 1. The number of rotatable bonds is 49. The van der Waals surface area contributed by atoms with Gasteiger partial charge in [0.05, 0.1) is 13.2 Å². The summed E-state index contributed by atoms with van der Waals surface area (Å²) in [5.41, 5.74) is 5.37. The number of hydrogen-bond acceptors (Lipinski definition) is 8. The normalized spacial score (nSPS) is 14.0. The SMILES string of the molecule is CC/C=C\C/C=C\C/C=C\C/C=C\C/C=C\C/C=C\C/C=C\CCCCCCCCCCCCCC(=O)OC(COC(=O)CCCCCCC/C=C\C/C=C\CCCC)COP(=O)(O)OCCN. The first-order valence-corrected chi connectivity index (χ1v) is 28.4. The van der Waals surface area contributed by atoms with Crippen molar-refractivity contribution in [3.05, 3.63) is 109 Å². The second-order valence-corrected chi connectivity index (χ2v) is 18.8. The summed E-state index contributed by atoms with van der Waals surface area (Å²) in [5, 5.41) is 0. The molecular formula is C58H98NO8P. The summed E-state index contributed by atoms with van der Waals surface area (Å²) >= 11 is 0. The topological polar surface area (TPSA) is 134 Å². The molecular weight excluding hydrogens is 870 g/mol. The molecule has 0 bridgehead atoms. The molecule has 0 spiro atoms. The maximum absolute atomic E-state index is 12.7. The average molecular weight is 968 g/mol. The van der Waals surface area contributed by atoms with Crippen molar-refractivity contribution in [3.8, 4) is 0 Å². The molecule has 0 aliphatic heterocycles. The van der Waals surface area contributed by atoms with Crippen molar-refractivity contribution in [1.82, 2.24) is 0 Å². The number of unbranched alkanes of at least 4 members (excludes halogenated alkanes) is 18. The zero-order valence-corrected chi connectivity index (χ0v) is 43.9. The van der Waals surface area contributed by atoms with Gasteiger partial charge in [0, 0.05) is 19.4 Å². The Balaban J connectivity index is 4.00. The molecule has 2 atom stereocenters. The Morgan fingerprint density at radius 1 is 0.456 bits per heavy atom. The molecule has 0 rings (SSSR count). The second kappa shape index (κ2) is 53.0. The minimum Gasteiger partial charge on any atom is -0.462 e. The van der Waals surface area contributed by atoms with Crippen LogP contribution in [-0.4, -0.2) is 49.3 Å². The van der Waals surface area contributed by atoms with Gasteiger partial charge in [0.2, 0.25) is 0 Å². The van der Waals surface area contributed by atoms with E-state index in [9.17, 15) is 19.0 Å². The fourth-order valence-electron chi connectivity index (χ4n) is 6.93. The Hall–Kier alpha value is -3.33. The molecule has 3 N–H and O–H groups in total. The summed E-state index contributed by atoms with van der Waals surface area (Å²) in [4.78, 5) is 35.0. The van der Waals surface area contributed by atoms with E-state index in [-0.39, 0.29) is 32.6 Å². The van der Waals surface area contributed by atoms with Crippen LogP contribution in [-0.2, 0) is 32.7 Å². The molecule has 0 fully saturated rings. The Kier molecular flexibility index (Phi) is 50.4. The highest BCUT2D eigenvalue weighted by Gasteiger charge is 2.26. The molecule has 9 nitrogen and oxygen atoms in total. The monoisotopic (exact) mass is 968 g/mol. The van der Waals surface area contributed by atoms with Crippen molar-refractivity contribution >= 4 is 19.8 Å². The molecule has 0 aliphatic rings. The average Bonchev–Trinajstić information content (AvgIpc) is 3.33. The summed E-state index contributed by atoms with van der Waals surface area (Å²) in [6.45, 7) is 3.55. The fourth-order valence-corrected chi connectivity index (χ4v) is 7.69. The van der Waals surface area contributed by atoms with E-state index in [1.54, 1.807) is 0 Å². The molecule has 0 aromatic heterocycles. The first-order chi connectivity index (χ1) is 33.3. The first-order valence-electron chi connectivity index (χ1n) is 26.9. The lowest BCUT2D eigenvalue weighted by Crippen LogP contribution is -2.29. The summed E-state index contributed by atoms with van der Waals surface area (Å²) in [6, 6.07) is 0. The van der Waals surface area contributed by atoms with Gasteiger partial charge in [-0.2, -0.15) is 0 Å². The molecule has 0 aromatic rings. The third kappa shape index (κ3) is 52.0. The van der Waals surface area contributed by atoms with Crippen LogP contribution in [0.2, 0.25) is 0 Å². The molecule has 0 heterocycles. The van der Waals surface area contributed by atoms with Crippen molar-refractivity contribution in [3.63, 3.8) is 0 Å². The van der Waals surface area contributed by atoms with Crippen molar-refractivity contribution < 1.29 is 37.6 Å². The lowest BCUT2D eigenvalue weighted by Gasteiger charge is -2.19. The molecule has 2 unspecified atom stereocenters. The van der Waals surface area contributed by atoms with Crippen molar-refractivity contribution in [2.75, 3.05) is 26.4 Å². The van der Waals surface area contributed by atoms with Crippen LogP contribution in [0.25, 0.3) is 0 Å². The number of nitrogens with two attached hydrogens (primary N) is 1. The van der Waals surface area contributed by atoms with Gasteiger partial charge in [0.25, 0.3) is 0 Å². The molecule has 0 saturated carbocycles. The minimum atomic E-state index is -4.39. The number of carbonyl (C=O) groups is 2. The van der Waals surface area contributed by atoms with Gasteiger partial charge in [-0.15, -0.1) is 0 Å². The van der Waals surface area contributed by atoms with E-state index >= 15 is 0 Å². The summed E-state index contributed by atoms with van der Waals surface area (Å²) < 4.78 is 32.9. The van der Waals surface area contributed by atoms with Crippen LogP contribution in [0, 0.1) is 0 Å². The number of hydrogen-bond donors (Lipinski definition) is 2. The largest absolute Gasteiger partial charge is 0.472 e. The molecule has 0 amide bonds. The van der Waals surface area contributed by atoms with E-state index in [0.717, 1.165) is 116 Å². The van der Waals surface area contributed by atoms with Gasteiger partial charge in [-0.05, 0) is 96.3 Å². The van der Waals surface area contributed by atoms with E-state index in [2.05, 4.69) is 123 Å². The molecule has 10 heteroatoms. The Morgan fingerprint density at radius 3 is 1.21 bits per heavy atom. The van der Waals surface area contributed by atoms with Crippen molar-refractivity contribution in [1.29, 1.82) is 0 Å². The summed E-state index contributed by atoms with van der Waals surface area (Å²) in [7, 11) is -4.39. The number of carbonyl (C=O) groups excluding carboxylic acids is 2. The smallest absolute Gasteiger partial charge is 0.462 e. The number of esters is 2. The molecule has 388 valence electrons. The molecule has 0 aliphatic carbocycles. The number of ether oxygens (including phenoxy) is 2. The second-order valence-electron chi connectivity index (χ2n) is 17.4. The van der Waals surface area contributed by atoms with E-state index in [0.29, 0.717) is 12.8 Å². The zero-order chi connectivity index (χ0) is 49.5. The van der Waals surface area contributed by atoms with Gasteiger partial charge in [-0.1, -0.05) is 213 Å². The summed E-state index contributed by atoms with van der Waals surface area (Å²) in [5.74, 6) is -0.854. The lowest BCUT2D eigenvalue weighted by molar-refractivity contribution is -0.161. The quantitative estimate of drug-likeness (QED) is 0.0264. The third-order valence-corrected chi connectivity index (χ3v) is 11.9. The maximum Gasteiger partial charge on any atom is 0.472 e. The van der Waals surface area contributed by atoms with Gasteiger partial charge in [0.15, 0.2) is 6.10 Å². The predicted octanol–water partition coefficient (Wildman–Crippen LogP) is 16.7. The fraction of sp³-hybridized carbons (Fsp3) is 0.655. The van der Waals surface area contributed by atoms with Crippen LogP contribution in [0.1, 0.15) is 213 Å². The highest BCUT2D eigenvalue weighted by molar-refractivity contribution is 7.47. The van der Waals surface area contributed by atoms with E-state index in [1.165, 1.54) is 57.8 Å². The molecule has 0 radical (unpaired) electrons. The third-order valence-electron chi connectivity index (χ3n) is 10.9. The van der Waals surface area contributed by atoms with Crippen LogP contribution in [0.4, 0.5) is 0 Å². The highest BCUT2D eigenvalue weighted by Crippen LogP contribution is 2.43. The minimum absolute atomic E-state index is 0.0460. The van der Waals surface area contributed by atoms with Gasteiger partial charge in [-0.25, -0.2) is 4.57 Å². The van der Waals surface area contributed by atoms with Crippen LogP contribution in [0.5, 0.6) is 0 Å². The van der Waals surface area contributed by atoms with Gasteiger partial charge in [0.1, 0.15) is 6.61 Å². The van der Waals surface area contributed by atoms with Crippen LogP contribution >= 0.6 is 7.82 Å². The Morgan fingerprint density at radius 2 is 0.809 bits per heavy atom. The number of phosphoric acid groups is 1. The van der Waals surface area contributed by atoms with E-state index in [4.69, 9.17) is 24.3 Å². The van der Waals surface area contributed by atoms with Crippen LogP contribution in [0.3, 0.4) is 0 Å². The van der Waals surface area contributed by atoms with E-state index in [1.807, 2.05) is 0 Å². The Labute approximate surface area is 416 Å². The molecule has 0 saturated heterocycles. The molecule has 68 heavy (non-hydrogen) atoms. The molecule has 0 aromatic carbocycles. The highest BCUT2D eigenvalue weighted by atomic mass is 31.2. The van der Waals surface area contributed by atoms with E-state index < -0.39 is 32.5 Å². The zero-order valence-electron chi connectivity index (χ0n) is 43.0. The first kappa shape index (κ1) is 64.7. The summed E-state index contributed by atoms with van der Waals surface area (Å²) in [6.07, 6.45) is 71.4. The van der Waals surface area contributed by atoms with Crippen molar-refractivity contribution in [2.45, 2.75) is 219 Å². The lowest BCUT2D eigenvalue weighted by atomic mass is 10.0. The predicted molar refractivity (Wildman–Crippen MR) is 288 cm³/mol. The van der Waals surface area contributed by atoms with Crippen LogP contribution in [0.15, 0.2) is 109 Å². The van der Waals surface area contributed by atoms with Gasteiger partial charge >= 0.3 is 19.8 Å².